The van der Waals surface area contributed by atoms with Crippen molar-refractivity contribution in [2.24, 2.45) is 0 Å². The average Bonchev–Trinajstić information content (AvgIpc) is 2.38. The zero-order valence-electron chi connectivity index (χ0n) is 13.8. The summed E-state index contributed by atoms with van der Waals surface area (Å²) in [6.07, 6.45) is 0.0829. The predicted octanol–water partition coefficient (Wildman–Crippen LogP) is 3.38. The molecule has 0 aliphatic carbocycles. The third-order valence-electron chi connectivity index (χ3n) is 2.97. The van der Waals surface area contributed by atoms with E-state index in [4.69, 9.17) is 9.84 Å². The molecule has 0 saturated heterocycles. The van der Waals surface area contributed by atoms with E-state index in [1.54, 1.807) is 13.8 Å². The van der Waals surface area contributed by atoms with Crippen molar-refractivity contribution in [2.75, 3.05) is 5.32 Å². The summed E-state index contributed by atoms with van der Waals surface area (Å²) >= 11 is 0. The zero-order chi connectivity index (χ0) is 17.6. The number of carbonyl (C=O) groups is 2. The van der Waals surface area contributed by atoms with E-state index in [9.17, 15) is 14.0 Å². The first-order chi connectivity index (χ1) is 10.6. The van der Waals surface area contributed by atoms with Gasteiger partial charge in [-0.15, -0.1) is 0 Å². The number of carbonyl (C=O) groups excluding carboxylic acids is 1. The van der Waals surface area contributed by atoms with Crippen LogP contribution >= 0.6 is 0 Å². The van der Waals surface area contributed by atoms with Gasteiger partial charge in [-0.3, -0.25) is 4.79 Å². The monoisotopic (exact) mass is 326 g/mol. The first-order valence-corrected chi connectivity index (χ1v) is 7.36. The lowest BCUT2D eigenvalue weighted by Crippen LogP contribution is -2.45. The smallest absolute Gasteiger partial charge is 0.319 e. The fourth-order valence-electron chi connectivity index (χ4n) is 1.90. The quantitative estimate of drug-likeness (QED) is 0.717. The highest BCUT2D eigenvalue weighted by molar-refractivity contribution is 5.91. The average molecular weight is 326 g/mol. The zero-order valence-corrected chi connectivity index (χ0v) is 13.8. The SMILES string of the molecule is CC(C)Oc1ccc(F)cc1NC(=O)NC(C)(C)CCC(=O)O. The van der Waals surface area contributed by atoms with Crippen molar-refractivity contribution in [1.82, 2.24) is 5.32 Å². The van der Waals surface area contributed by atoms with Gasteiger partial charge in [0.1, 0.15) is 11.6 Å². The molecule has 1 rings (SSSR count). The van der Waals surface area contributed by atoms with Crippen molar-refractivity contribution in [3.05, 3.63) is 24.0 Å². The number of amides is 2. The molecule has 0 aromatic heterocycles. The van der Waals surface area contributed by atoms with Crippen LogP contribution in [0.2, 0.25) is 0 Å². The van der Waals surface area contributed by atoms with Crippen molar-refractivity contribution < 1.29 is 23.8 Å². The van der Waals surface area contributed by atoms with E-state index in [0.717, 1.165) is 0 Å². The standard InChI is InChI=1S/C16H23FN2O4/c1-10(2)23-13-6-5-11(17)9-12(13)18-15(22)19-16(3,4)8-7-14(20)21/h5-6,9-10H,7-8H2,1-4H3,(H,20,21)(H2,18,19,22). The molecule has 0 bridgehead atoms. The van der Waals surface area contributed by atoms with Crippen molar-refractivity contribution in [3.63, 3.8) is 0 Å². The summed E-state index contributed by atoms with van der Waals surface area (Å²) in [4.78, 5) is 22.7. The van der Waals surface area contributed by atoms with Gasteiger partial charge in [-0.1, -0.05) is 0 Å². The maximum Gasteiger partial charge on any atom is 0.319 e. The molecule has 0 heterocycles. The number of hydrogen-bond donors (Lipinski definition) is 3. The van der Waals surface area contributed by atoms with Gasteiger partial charge in [-0.2, -0.15) is 0 Å². The molecule has 1 aromatic carbocycles. The van der Waals surface area contributed by atoms with E-state index in [0.29, 0.717) is 5.75 Å². The topological polar surface area (TPSA) is 87.7 Å². The highest BCUT2D eigenvalue weighted by atomic mass is 19.1. The van der Waals surface area contributed by atoms with E-state index >= 15 is 0 Å². The minimum absolute atomic E-state index is 0.0606. The summed E-state index contributed by atoms with van der Waals surface area (Å²) in [6.45, 7) is 7.07. The van der Waals surface area contributed by atoms with Crippen LogP contribution in [0.3, 0.4) is 0 Å². The van der Waals surface area contributed by atoms with E-state index in [1.807, 2.05) is 13.8 Å². The molecule has 0 unspecified atom stereocenters. The first kappa shape index (κ1) is 18.7. The molecule has 0 aliphatic heterocycles. The molecule has 0 fully saturated rings. The molecule has 0 aliphatic rings. The third kappa shape index (κ3) is 6.99. The second kappa shape index (κ2) is 7.80. The molecule has 0 radical (unpaired) electrons. The number of ether oxygens (including phenoxy) is 1. The van der Waals surface area contributed by atoms with Crippen molar-refractivity contribution >= 4 is 17.7 Å². The number of carboxylic acids is 1. The number of nitrogens with one attached hydrogen (secondary N) is 2. The van der Waals surface area contributed by atoms with Gasteiger partial charge >= 0.3 is 12.0 Å². The van der Waals surface area contributed by atoms with Gasteiger partial charge in [0.05, 0.1) is 11.8 Å². The van der Waals surface area contributed by atoms with Gasteiger partial charge < -0.3 is 20.5 Å². The van der Waals surface area contributed by atoms with E-state index in [1.165, 1.54) is 18.2 Å². The van der Waals surface area contributed by atoms with Gasteiger partial charge in [-0.05, 0) is 46.2 Å². The van der Waals surface area contributed by atoms with Crippen molar-refractivity contribution in [2.45, 2.75) is 52.2 Å². The molecule has 128 valence electrons. The van der Waals surface area contributed by atoms with Crippen LogP contribution in [-0.2, 0) is 4.79 Å². The molecule has 0 atom stereocenters. The Morgan fingerprint density at radius 1 is 1.35 bits per heavy atom. The summed E-state index contributed by atoms with van der Waals surface area (Å²) in [5.41, 5.74) is -0.500. The predicted molar refractivity (Wildman–Crippen MR) is 85.3 cm³/mol. The summed E-state index contributed by atoms with van der Waals surface area (Å²) in [5.74, 6) is -1.07. The van der Waals surface area contributed by atoms with Crippen LogP contribution in [0.25, 0.3) is 0 Å². The molecule has 6 nitrogen and oxygen atoms in total. The molecule has 0 spiro atoms. The Hall–Kier alpha value is -2.31. The highest BCUT2D eigenvalue weighted by Crippen LogP contribution is 2.26. The van der Waals surface area contributed by atoms with Crippen LogP contribution in [0.5, 0.6) is 5.75 Å². The fourth-order valence-corrected chi connectivity index (χ4v) is 1.90. The van der Waals surface area contributed by atoms with Crippen LogP contribution in [-0.4, -0.2) is 28.7 Å². The Labute approximate surface area is 135 Å². The number of rotatable bonds is 7. The summed E-state index contributed by atoms with van der Waals surface area (Å²) in [5, 5.41) is 13.9. The van der Waals surface area contributed by atoms with Gasteiger partial charge in [0.15, 0.2) is 0 Å². The number of hydrogen-bond acceptors (Lipinski definition) is 3. The minimum Gasteiger partial charge on any atom is -0.489 e. The van der Waals surface area contributed by atoms with Gasteiger partial charge in [0, 0.05) is 18.0 Å². The highest BCUT2D eigenvalue weighted by Gasteiger charge is 2.22. The Morgan fingerprint density at radius 3 is 2.57 bits per heavy atom. The number of urea groups is 1. The van der Waals surface area contributed by atoms with Crippen LogP contribution in [0, 0.1) is 5.82 Å². The number of carboxylic acid groups (broad SMARTS) is 1. The van der Waals surface area contributed by atoms with E-state index < -0.39 is 23.4 Å². The second-order valence-electron chi connectivity index (χ2n) is 6.16. The first-order valence-electron chi connectivity index (χ1n) is 7.36. The third-order valence-corrected chi connectivity index (χ3v) is 2.97. The van der Waals surface area contributed by atoms with Crippen LogP contribution in [0.15, 0.2) is 18.2 Å². The lowest BCUT2D eigenvalue weighted by Gasteiger charge is -2.26. The maximum atomic E-state index is 13.4. The lowest BCUT2D eigenvalue weighted by atomic mass is 9.99. The van der Waals surface area contributed by atoms with Crippen molar-refractivity contribution in [1.29, 1.82) is 0 Å². The molecular formula is C16H23FN2O4. The Morgan fingerprint density at radius 2 is 2.00 bits per heavy atom. The van der Waals surface area contributed by atoms with Gasteiger partial charge in [0.25, 0.3) is 0 Å². The number of benzene rings is 1. The molecule has 1 aromatic rings. The summed E-state index contributed by atoms with van der Waals surface area (Å²) < 4.78 is 18.9. The normalized spacial score (nSPS) is 11.2. The molecular weight excluding hydrogens is 303 g/mol. The lowest BCUT2D eigenvalue weighted by molar-refractivity contribution is -0.137. The summed E-state index contributed by atoms with van der Waals surface area (Å²) in [7, 11) is 0. The van der Waals surface area contributed by atoms with Crippen LogP contribution in [0.4, 0.5) is 14.9 Å². The fraction of sp³-hybridized carbons (Fsp3) is 0.500. The molecule has 7 heteroatoms. The number of aliphatic carboxylic acids is 1. The summed E-state index contributed by atoms with van der Waals surface area (Å²) in [6, 6.07) is 3.30. The molecule has 23 heavy (non-hydrogen) atoms. The van der Waals surface area contributed by atoms with E-state index in [-0.39, 0.29) is 24.6 Å². The van der Waals surface area contributed by atoms with Crippen LogP contribution < -0.4 is 15.4 Å². The van der Waals surface area contributed by atoms with Gasteiger partial charge in [0.2, 0.25) is 0 Å². The molecule has 2 amide bonds. The Bertz CT molecular complexity index is 573. The second-order valence-corrected chi connectivity index (χ2v) is 6.16. The van der Waals surface area contributed by atoms with E-state index in [2.05, 4.69) is 10.6 Å². The maximum absolute atomic E-state index is 13.4. The van der Waals surface area contributed by atoms with Crippen LogP contribution in [0.1, 0.15) is 40.5 Å². The molecule has 3 N–H and O–H groups in total. The number of halogens is 1. The molecule has 0 saturated carbocycles. The number of anilines is 1. The van der Waals surface area contributed by atoms with Crippen molar-refractivity contribution in [3.8, 4) is 5.75 Å². The minimum atomic E-state index is -0.932. The largest absolute Gasteiger partial charge is 0.489 e. The Kier molecular flexibility index (Phi) is 6.36. The Balaban J connectivity index is 2.76. The van der Waals surface area contributed by atoms with Gasteiger partial charge in [-0.25, -0.2) is 9.18 Å².